The SMILES string of the molecule is Cc1cc(C)n2nc(SCc3nc(-c4cccc(C(F)(F)F)c4)no3)nc2n1. The van der Waals surface area contributed by atoms with E-state index in [2.05, 4.69) is 25.2 Å². The third kappa shape index (κ3) is 3.70. The Labute approximate surface area is 161 Å². The molecule has 0 aliphatic heterocycles. The summed E-state index contributed by atoms with van der Waals surface area (Å²) < 4.78 is 45.3. The minimum atomic E-state index is -4.43. The maximum Gasteiger partial charge on any atom is 0.416 e. The molecule has 0 bridgehead atoms. The topological polar surface area (TPSA) is 82.0 Å². The number of hydrogen-bond acceptors (Lipinski definition) is 7. The third-order valence-corrected chi connectivity index (χ3v) is 4.66. The molecule has 0 aliphatic rings. The Balaban J connectivity index is 1.51. The number of hydrogen-bond donors (Lipinski definition) is 0. The molecular weight excluding hydrogens is 393 g/mol. The Morgan fingerprint density at radius 3 is 2.71 bits per heavy atom. The molecule has 28 heavy (non-hydrogen) atoms. The first kappa shape index (κ1) is 18.4. The summed E-state index contributed by atoms with van der Waals surface area (Å²) >= 11 is 1.27. The smallest absolute Gasteiger partial charge is 0.338 e. The van der Waals surface area contributed by atoms with E-state index in [1.165, 1.54) is 23.9 Å². The molecule has 3 aromatic heterocycles. The fraction of sp³-hybridized carbons (Fsp3) is 0.235. The summed E-state index contributed by atoms with van der Waals surface area (Å²) in [5.74, 6) is 1.13. The van der Waals surface area contributed by atoms with Crippen molar-refractivity contribution >= 4 is 17.5 Å². The van der Waals surface area contributed by atoms with E-state index in [9.17, 15) is 13.2 Å². The Kier molecular flexibility index (Phi) is 4.53. The highest BCUT2D eigenvalue weighted by molar-refractivity contribution is 7.98. The van der Waals surface area contributed by atoms with Crippen LogP contribution in [0.3, 0.4) is 0 Å². The highest BCUT2D eigenvalue weighted by Gasteiger charge is 2.30. The van der Waals surface area contributed by atoms with Gasteiger partial charge in [-0.05, 0) is 32.0 Å². The lowest BCUT2D eigenvalue weighted by molar-refractivity contribution is -0.137. The number of rotatable bonds is 4. The molecule has 3 heterocycles. The zero-order valence-corrected chi connectivity index (χ0v) is 15.5. The van der Waals surface area contributed by atoms with E-state index in [0.29, 0.717) is 10.9 Å². The van der Waals surface area contributed by atoms with E-state index in [-0.39, 0.29) is 23.0 Å². The second-order valence-corrected chi connectivity index (χ2v) is 6.97. The summed E-state index contributed by atoms with van der Waals surface area (Å²) in [7, 11) is 0. The van der Waals surface area contributed by atoms with Crippen LogP contribution in [0.4, 0.5) is 13.2 Å². The highest BCUT2D eigenvalue weighted by Crippen LogP contribution is 2.31. The van der Waals surface area contributed by atoms with Gasteiger partial charge >= 0.3 is 6.18 Å². The average Bonchev–Trinajstić information content (AvgIpc) is 3.26. The van der Waals surface area contributed by atoms with Crippen molar-refractivity contribution in [2.24, 2.45) is 0 Å². The van der Waals surface area contributed by atoms with Crippen molar-refractivity contribution < 1.29 is 17.7 Å². The zero-order chi connectivity index (χ0) is 19.9. The molecule has 0 aliphatic carbocycles. The maximum absolute atomic E-state index is 12.8. The summed E-state index contributed by atoms with van der Waals surface area (Å²) in [4.78, 5) is 12.8. The van der Waals surface area contributed by atoms with Gasteiger partial charge in [0.25, 0.3) is 5.78 Å². The number of aromatic nitrogens is 6. The summed E-state index contributed by atoms with van der Waals surface area (Å²) in [6.07, 6.45) is -4.43. The minimum absolute atomic E-state index is 0.0952. The van der Waals surface area contributed by atoms with Gasteiger partial charge in [-0.2, -0.15) is 23.1 Å². The Hall–Kier alpha value is -2.95. The van der Waals surface area contributed by atoms with Gasteiger partial charge in [-0.3, -0.25) is 0 Å². The summed E-state index contributed by atoms with van der Waals surface area (Å²) in [5.41, 5.74) is 1.22. The van der Waals surface area contributed by atoms with Crippen molar-refractivity contribution in [1.29, 1.82) is 0 Å². The Morgan fingerprint density at radius 2 is 1.93 bits per heavy atom. The summed E-state index contributed by atoms with van der Waals surface area (Å²) in [6, 6.07) is 6.68. The van der Waals surface area contributed by atoms with E-state index >= 15 is 0 Å². The summed E-state index contributed by atoms with van der Waals surface area (Å²) in [6.45, 7) is 3.78. The lowest BCUT2D eigenvalue weighted by Gasteiger charge is -2.06. The van der Waals surface area contributed by atoms with E-state index in [1.807, 2.05) is 19.9 Å². The number of fused-ring (bicyclic) bond motifs is 1. The second-order valence-electron chi connectivity index (χ2n) is 6.02. The molecule has 4 rings (SSSR count). The monoisotopic (exact) mass is 406 g/mol. The molecule has 0 atom stereocenters. The van der Waals surface area contributed by atoms with Crippen molar-refractivity contribution in [1.82, 2.24) is 29.7 Å². The van der Waals surface area contributed by atoms with Crippen LogP contribution in [-0.2, 0) is 11.9 Å². The molecule has 0 unspecified atom stereocenters. The van der Waals surface area contributed by atoms with Gasteiger partial charge in [0.05, 0.1) is 11.3 Å². The molecule has 0 N–H and O–H groups in total. The van der Waals surface area contributed by atoms with Crippen LogP contribution in [0.25, 0.3) is 17.2 Å². The Morgan fingerprint density at radius 1 is 1.11 bits per heavy atom. The van der Waals surface area contributed by atoms with Crippen molar-refractivity contribution in [3.05, 3.63) is 53.2 Å². The van der Waals surface area contributed by atoms with Gasteiger partial charge in [0, 0.05) is 17.0 Å². The third-order valence-electron chi connectivity index (χ3n) is 3.84. The van der Waals surface area contributed by atoms with Gasteiger partial charge in [-0.25, -0.2) is 9.50 Å². The highest BCUT2D eigenvalue weighted by atomic mass is 32.2. The van der Waals surface area contributed by atoms with E-state index in [4.69, 9.17) is 4.52 Å². The van der Waals surface area contributed by atoms with Crippen LogP contribution in [0.2, 0.25) is 0 Å². The second kappa shape index (κ2) is 6.89. The van der Waals surface area contributed by atoms with Crippen LogP contribution in [0.1, 0.15) is 22.8 Å². The largest absolute Gasteiger partial charge is 0.416 e. The lowest BCUT2D eigenvalue weighted by atomic mass is 10.1. The van der Waals surface area contributed by atoms with Gasteiger partial charge in [-0.15, -0.1) is 5.10 Å². The van der Waals surface area contributed by atoms with Gasteiger partial charge in [0.2, 0.25) is 16.9 Å². The van der Waals surface area contributed by atoms with Gasteiger partial charge < -0.3 is 4.52 Å². The number of halogens is 3. The van der Waals surface area contributed by atoms with E-state index in [0.717, 1.165) is 23.5 Å². The normalized spacial score (nSPS) is 12.0. The fourth-order valence-corrected chi connectivity index (χ4v) is 3.26. The molecule has 1 aromatic carbocycles. The number of aryl methyl sites for hydroxylation is 2. The maximum atomic E-state index is 12.8. The van der Waals surface area contributed by atoms with Crippen molar-refractivity contribution in [2.75, 3.05) is 0 Å². The molecule has 0 amide bonds. The standard InChI is InChI=1S/C17H13F3N6OS/c1-9-6-10(2)26-15(21-9)23-16(24-26)28-8-13-22-14(25-27-13)11-4-3-5-12(7-11)17(18,19)20/h3-7H,8H2,1-2H3. The summed E-state index contributed by atoms with van der Waals surface area (Å²) in [5, 5.41) is 8.61. The molecule has 0 saturated heterocycles. The molecule has 4 aromatic rings. The Bertz CT molecular complexity index is 1150. The van der Waals surface area contributed by atoms with Crippen LogP contribution >= 0.6 is 11.8 Å². The van der Waals surface area contributed by atoms with Crippen molar-refractivity contribution in [3.63, 3.8) is 0 Å². The lowest BCUT2D eigenvalue weighted by Crippen LogP contribution is -2.04. The number of nitrogens with zero attached hydrogens (tertiary/aromatic N) is 6. The van der Waals surface area contributed by atoms with Crippen molar-refractivity contribution in [2.45, 2.75) is 30.9 Å². The predicted octanol–water partition coefficient (Wildman–Crippen LogP) is 4.10. The molecular formula is C17H13F3N6OS. The van der Waals surface area contributed by atoms with Crippen LogP contribution in [0, 0.1) is 13.8 Å². The number of thioether (sulfide) groups is 1. The van der Waals surface area contributed by atoms with Gasteiger partial charge in [0.1, 0.15) is 0 Å². The van der Waals surface area contributed by atoms with Gasteiger partial charge in [-0.1, -0.05) is 29.1 Å². The first-order chi connectivity index (χ1) is 13.3. The molecule has 11 heteroatoms. The fourth-order valence-electron chi connectivity index (χ4n) is 2.60. The predicted molar refractivity (Wildman–Crippen MR) is 94.6 cm³/mol. The zero-order valence-electron chi connectivity index (χ0n) is 14.7. The average molecular weight is 406 g/mol. The molecule has 0 fully saturated rings. The van der Waals surface area contributed by atoms with Crippen LogP contribution in [0.5, 0.6) is 0 Å². The first-order valence-corrected chi connectivity index (χ1v) is 9.12. The molecule has 0 spiro atoms. The molecule has 0 saturated carbocycles. The quantitative estimate of drug-likeness (QED) is 0.472. The van der Waals surface area contributed by atoms with Crippen molar-refractivity contribution in [3.8, 4) is 11.4 Å². The van der Waals surface area contributed by atoms with E-state index in [1.54, 1.807) is 4.52 Å². The van der Waals surface area contributed by atoms with E-state index < -0.39 is 11.7 Å². The molecule has 7 nitrogen and oxygen atoms in total. The van der Waals surface area contributed by atoms with Crippen LogP contribution in [-0.4, -0.2) is 29.7 Å². The number of benzene rings is 1. The minimum Gasteiger partial charge on any atom is -0.338 e. The number of alkyl halides is 3. The van der Waals surface area contributed by atoms with Crippen LogP contribution < -0.4 is 0 Å². The molecule has 144 valence electrons. The molecule has 0 radical (unpaired) electrons. The first-order valence-electron chi connectivity index (χ1n) is 8.13. The van der Waals surface area contributed by atoms with Crippen LogP contribution in [0.15, 0.2) is 40.0 Å². The van der Waals surface area contributed by atoms with Gasteiger partial charge in [0.15, 0.2) is 0 Å².